The van der Waals surface area contributed by atoms with Gasteiger partial charge >= 0.3 is 0 Å². The Kier molecular flexibility index (Phi) is 6.12. The molecular formula is C12H16OY-2. The Hall–Kier alpha value is 0.284. The summed E-state index contributed by atoms with van der Waals surface area (Å²) in [7, 11) is 0. The standard InChI is InChI=1S/C12H16O.Y/c1-4-12(3,9-13)11-7-5-10(2)6-8-11;/h5-8,13H,1,3-4,9H2,2H3;/q-2;. The zero-order valence-electron chi connectivity index (χ0n) is 8.66. The second-order valence-corrected chi connectivity index (χ2v) is 3.55. The number of aliphatic hydroxyl groups excluding tert-OH is 1. The van der Waals surface area contributed by atoms with E-state index in [1.807, 2.05) is 31.2 Å². The summed E-state index contributed by atoms with van der Waals surface area (Å²) < 4.78 is 0. The summed E-state index contributed by atoms with van der Waals surface area (Å²) in [4.78, 5) is 0. The molecule has 75 valence electrons. The molecular weight excluding hydrogens is 249 g/mol. The van der Waals surface area contributed by atoms with Crippen LogP contribution >= 0.6 is 0 Å². The van der Waals surface area contributed by atoms with Gasteiger partial charge in [0.1, 0.15) is 0 Å². The smallest absolute Gasteiger partial charge is 0.0228 e. The van der Waals surface area contributed by atoms with Crippen molar-refractivity contribution in [3.63, 3.8) is 0 Å². The predicted octanol–water partition coefficient (Wildman–Crippen LogP) is 2.28. The zero-order chi connectivity index (χ0) is 9.90. The van der Waals surface area contributed by atoms with E-state index in [4.69, 9.17) is 0 Å². The Labute approximate surface area is 112 Å². The topological polar surface area (TPSA) is 20.2 Å². The van der Waals surface area contributed by atoms with Crippen molar-refractivity contribution >= 4 is 0 Å². The summed E-state index contributed by atoms with van der Waals surface area (Å²) in [6, 6.07) is 8.06. The van der Waals surface area contributed by atoms with Crippen molar-refractivity contribution < 1.29 is 37.8 Å². The van der Waals surface area contributed by atoms with Crippen LogP contribution in [0.1, 0.15) is 17.5 Å². The third-order valence-corrected chi connectivity index (χ3v) is 2.45. The van der Waals surface area contributed by atoms with Crippen molar-refractivity contribution in [2.75, 3.05) is 6.61 Å². The van der Waals surface area contributed by atoms with E-state index in [1.54, 1.807) is 0 Å². The van der Waals surface area contributed by atoms with Crippen molar-refractivity contribution in [3.05, 3.63) is 49.2 Å². The Bertz CT molecular complexity index is 262. The first-order valence-corrected chi connectivity index (χ1v) is 4.45. The third-order valence-electron chi connectivity index (χ3n) is 2.45. The molecule has 1 aromatic rings. The van der Waals surface area contributed by atoms with E-state index in [2.05, 4.69) is 13.8 Å². The minimum atomic E-state index is -0.437. The van der Waals surface area contributed by atoms with Gasteiger partial charge in [0.2, 0.25) is 0 Å². The van der Waals surface area contributed by atoms with E-state index in [0.717, 1.165) is 5.56 Å². The first-order valence-electron chi connectivity index (χ1n) is 4.45. The molecule has 1 nitrogen and oxygen atoms in total. The molecule has 0 aliphatic rings. The van der Waals surface area contributed by atoms with Gasteiger partial charge in [0.25, 0.3) is 0 Å². The Morgan fingerprint density at radius 3 is 2.14 bits per heavy atom. The summed E-state index contributed by atoms with van der Waals surface area (Å²) in [5.74, 6) is 0. The van der Waals surface area contributed by atoms with Crippen LogP contribution in [0.25, 0.3) is 0 Å². The molecule has 1 rings (SSSR count). The van der Waals surface area contributed by atoms with Crippen LogP contribution in [0.2, 0.25) is 0 Å². The molecule has 1 atom stereocenters. The largest absolute Gasteiger partial charge is 0.398 e. The molecule has 0 bridgehead atoms. The van der Waals surface area contributed by atoms with Gasteiger partial charge in [-0.05, 0) is 6.92 Å². The minimum Gasteiger partial charge on any atom is -0.398 e. The maximum absolute atomic E-state index is 9.21. The van der Waals surface area contributed by atoms with Gasteiger partial charge in [0.05, 0.1) is 0 Å². The molecule has 0 spiro atoms. The summed E-state index contributed by atoms with van der Waals surface area (Å²) in [5.41, 5.74) is 1.83. The first-order chi connectivity index (χ1) is 6.12. The maximum atomic E-state index is 9.21. The van der Waals surface area contributed by atoms with Crippen LogP contribution in [0.15, 0.2) is 24.3 Å². The number of aliphatic hydroxyl groups is 1. The van der Waals surface area contributed by atoms with Crippen molar-refractivity contribution in [1.82, 2.24) is 0 Å². The molecule has 0 aromatic heterocycles. The van der Waals surface area contributed by atoms with Gasteiger partial charge < -0.3 is 19.0 Å². The molecule has 0 saturated heterocycles. The first kappa shape index (κ1) is 14.3. The van der Waals surface area contributed by atoms with Crippen LogP contribution in [0, 0.1) is 20.8 Å². The monoisotopic (exact) mass is 265 g/mol. The SMILES string of the molecule is [CH2-]CC([CH2-])(CO)c1ccc(C)cc1.[Y]. The second-order valence-electron chi connectivity index (χ2n) is 3.55. The van der Waals surface area contributed by atoms with E-state index in [9.17, 15) is 5.11 Å². The number of hydrogen-bond acceptors (Lipinski definition) is 1. The average Bonchev–Trinajstić information content (AvgIpc) is 2.18. The number of aryl methyl sites for hydroxylation is 1. The van der Waals surface area contributed by atoms with Crippen LogP contribution in [0.5, 0.6) is 0 Å². The summed E-state index contributed by atoms with van der Waals surface area (Å²) >= 11 is 0. The molecule has 1 unspecified atom stereocenters. The van der Waals surface area contributed by atoms with Gasteiger partial charge in [-0.3, -0.25) is 0 Å². The van der Waals surface area contributed by atoms with Crippen molar-refractivity contribution in [1.29, 1.82) is 0 Å². The van der Waals surface area contributed by atoms with Crippen molar-refractivity contribution in [3.8, 4) is 0 Å². The molecule has 2 heteroatoms. The number of benzene rings is 1. The summed E-state index contributed by atoms with van der Waals surface area (Å²) in [6.07, 6.45) is 0.604. The predicted molar refractivity (Wildman–Crippen MR) is 55.3 cm³/mol. The fraction of sp³-hybridized carbons (Fsp3) is 0.333. The van der Waals surface area contributed by atoms with Gasteiger partial charge in [0.15, 0.2) is 0 Å². The normalized spacial score (nSPS) is 14.3. The van der Waals surface area contributed by atoms with Gasteiger partial charge in [-0.2, -0.15) is 6.42 Å². The van der Waals surface area contributed by atoms with Crippen LogP contribution in [0.3, 0.4) is 0 Å². The van der Waals surface area contributed by atoms with E-state index in [0.29, 0.717) is 6.42 Å². The van der Waals surface area contributed by atoms with Crippen LogP contribution in [0.4, 0.5) is 0 Å². The maximum Gasteiger partial charge on any atom is 0.0228 e. The Morgan fingerprint density at radius 2 is 1.79 bits per heavy atom. The second kappa shape index (κ2) is 6.00. The summed E-state index contributed by atoms with van der Waals surface area (Å²) in [6.45, 7) is 9.88. The van der Waals surface area contributed by atoms with E-state index in [1.165, 1.54) is 5.56 Å². The zero-order valence-corrected chi connectivity index (χ0v) is 11.5. The number of rotatable bonds is 3. The fourth-order valence-electron chi connectivity index (χ4n) is 1.22. The summed E-state index contributed by atoms with van der Waals surface area (Å²) in [5, 5.41) is 9.21. The van der Waals surface area contributed by atoms with Crippen LogP contribution < -0.4 is 0 Å². The van der Waals surface area contributed by atoms with Crippen LogP contribution in [-0.4, -0.2) is 11.7 Å². The van der Waals surface area contributed by atoms with E-state index >= 15 is 0 Å². The third kappa shape index (κ3) is 3.15. The van der Waals surface area contributed by atoms with E-state index < -0.39 is 5.41 Å². The molecule has 0 saturated carbocycles. The molecule has 0 heterocycles. The molecule has 0 amide bonds. The quantitative estimate of drug-likeness (QED) is 0.831. The molecule has 1 N–H and O–H groups in total. The van der Waals surface area contributed by atoms with Gasteiger partial charge in [0, 0.05) is 39.3 Å². The van der Waals surface area contributed by atoms with Crippen molar-refractivity contribution in [2.24, 2.45) is 0 Å². The fourth-order valence-corrected chi connectivity index (χ4v) is 1.22. The van der Waals surface area contributed by atoms with Gasteiger partial charge in [-0.1, -0.05) is 35.4 Å². The molecule has 1 radical (unpaired) electrons. The molecule has 0 fully saturated rings. The molecule has 1 aromatic carbocycles. The number of hydrogen-bond donors (Lipinski definition) is 1. The van der Waals surface area contributed by atoms with Crippen molar-refractivity contribution in [2.45, 2.75) is 18.8 Å². The van der Waals surface area contributed by atoms with Gasteiger partial charge in [-0.15, -0.1) is 5.41 Å². The molecule has 0 aliphatic heterocycles. The van der Waals surface area contributed by atoms with Crippen LogP contribution in [-0.2, 0) is 38.1 Å². The Morgan fingerprint density at radius 1 is 1.29 bits per heavy atom. The Balaban J connectivity index is 0.00000169. The van der Waals surface area contributed by atoms with E-state index in [-0.39, 0.29) is 39.3 Å². The minimum absolute atomic E-state index is 0. The average molecular weight is 265 g/mol. The van der Waals surface area contributed by atoms with Gasteiger partial charge in [-0.25, -0.2) is 0 Å². The molecule has 14 heavy (non-hydrogen) atoms. The molecule has 0 aliphatic carbocycles.